The number of benzene rings is 1. The minimum Gasteiger partial charge on any atom is -0.481 e. The van der Waals surface area contributed by atoms with Gasteiger partial charge in [0.25, 0.3) is 0 Å². The molecular weight excluding hydrogens is 787 g/mol. The van der Waals surface area contributed by atoms with Crippen LogP contribution >= 0.6 is 0 Å². The molecule has 0 aliphatic carbocycles. The molecular formula is C48H85NO7Si3. The zero-order chi connectivity index (χ0) is 45.7. The summed E-state index contributed by atoms with van der Waals surface area (Å²) in [5.74, 6) is -0.761. The maximum Gasteiger partial charge on any atom is 0.305 e. The molecule has 2 rings (SSSR count). The number of aryl methyl sites for hydroxylation is 1. The van der Waals surface area contributed by atoms with Crippen LogP contribution in [0.15, 0.2) is 46.9 Å². The van der Waals surface area contributed by atoms with Gasteiger partial charge in [-0.3, -0.25) is 9.59 Å². The topological polar surface area (TPSA) is 108 Å². The summed E-state index contributed by atoms with van der Waals surface area (Å²) in [6.07, 6.45) is 6.61. The lowest BCUT2D eigenvalue weighted by Gasteiger charge is -2.47. The molecule has 1 N–H and O–H groups in total. The van der Waals surface area contributed by atoms with Crippen LogP contribution in [0.3, 0.4) is 0 Å². The second-order valence-corrected chi connectivity index (χ2v) is 36.8. The highest BCUT2D eigenvalue weighted by Gasteiger charge is 2.50. The van der Waals surface area contributed by atoms with Crippen molar-refractivity contribution < 1.29 is 32.4 Å². The largest absolute Gasteiger partial charge is 0.481 e. The van der Waals surface area contributed by atoms with E-state index in [1.54, 1.807) is 0 Å². The number of aliphatic carboxylic acids is 1. The van der Waals surface area contributed by atoms with Gasteiger partial charge in [-0.1, -0.05) is 107 Å². The van der Waals surface area contributed by atoms with Crippen LogP contribution in [-0.4, -0.2) is 59.0 Å². The van der Waals surface area contributed by atoms with E-state index in [0.29, 0.717) is 12.3 Å². The van der Waals surface area contributed by atoms with Gasteiger partial charge in [0, 0.05) is 18.3 Å². The van der Waals surface area contributed by atoms with Crippen LogP contribution in [0.4, 0.5) is 0 Å². The molecule has 0 unspecified atom stereocenters. The molecule has 0 radical (unpaired) electrons. The Bertz CT molecular complexity index is 1750. The quantitative estimate of drug-likeness (QED) is 0.0920. The van der Waals surface area contributed by atoms with Gasteiger partial charge in [0.2, 0.25) is 0 Å². The highest BCUT2D eigenvalue weighted by Crippen LogP contribution is 2.45. The summed E-state index contributed by atoms with van der Waals surface area (Å²) in [5.41, 5.74) is 2.98. The van der Waals surface area contributed by atoms with E-state index in [4.69, 9.17) is 17.7 Å². The van der Waals surface area contributed by atoms with Crippen LogP contribution < -0.4 is 0 Å². The van der Waals surface area contributed by atoms with E-state index in [9.17, 15) is 9.90 Å². The average molecular weight is 872 g/mol. The van der Waals surface area contributed by atoms with Crippen molar-refractivity contribution in [3.8, 4) is 0 Å². The minimum absolute atomic E-state index is 0.0132. The first-order chi connectivity index (χ1) is 26.6. The van der Waals surface area contributed by atoms with Gasteiger partial charge in [-0.15, -0.1) is 6.58 Å². The van der Waals surface area contributed by atoms with Crippen molar-refractivity contribution in [2.45, 2.75) is 208 Å². The highest BCUT2D eigenvalue weighted by atomic mass is 28.4. The van der Waals surface area contributed by atoms with E-state index in [-0.39, 0.29) is 45.4 Å². The lowest BCUT2D eigenvalue weighted by atomic mass is 9.71. The number of oxazole rings is 1. The molecule has 0 fully saturated rings. The molecule has 0 aliphatic heterocycles. The van der Waals surface area contributed by atoms with E-state index in [2.05, 4.69) is 145 Å². The molecule has 0 spiro atoms. The number of fused-ring (bicyclic) bond motifs is 1. The molecule has 0 saturated heterocycles. The number of carboxylic acids is 1. The molecule has 1 aromatic heterocycles. The Labute approximate surface area is 363 Å². The molecule has 59 heavy (non-hydrogen) atoms. The number of aromatic nitrogens is 1. The standard InChI is InChI=1S/C48H85NO7Si3/c1-22-24-37(44(52)48(14,15)41(32-42(50)51)55-58(18,19)46(8,9)10)43(56-59(20,21)47(11,12)13)34(3)26-23-25-33(2)27-29-39(54-57(16,17)45(5,6)7)36-28-30-40-38(31-36)49-35(4)53-40/h22,27-28,30-31,34,37,39,41,43H,1,23-26,29,32H2,2-21H3,(H,50,51)/b33-27+/t34-,37+,39-,41-,43-/m0/s1. The highest BCUT2D eigenvalue weighted by molar-refractivity contribution is 6.75. The molecule has 0 bridgehead atoms. The number of carbonyl (C=O) groups excluding carboxylic acids is 1. The van der Waals surface area contributed by atoms with Crippen molar-refractivity contribution in [2.24, 2.45) is 17.3 Å². The van der Waals surface area contributed by atoms with Gasteiger partial charge in [-0.25, -0.2) is 4.98 Å². The third kappa shape index (κ3) is 14.2. The fraction of sp³-hybridized carbons (Fsp3) is 0.729. The van der Waals surface area contributed by atoms with Crippen LogP contribution in [0, 0.1) is 24.2 Å². The molecule has 1 heterocycles. The van der Waals surface area contributed by atoms with Crippen LogP contribution in [-0.2, 0) is 22.9 Å². The number of hydrogen-bond acceptors (Lipinski definition) is 7. The summed E-state index contributed by atoms with van der Waals surface area (Å²) in [5, 5.41) is 9.91. The fourth-order valence-corrected chi connectivity index (χ4v) is 10.9. The molecule has 5 atom stereocenters. The molecule has 2 aromatic rings. The molecule has 0 saturated carbocycles. The van der Waals surface area contributed by atoms with Crippen molar-refractivity contribution in [1.29, 1.82) is 0 Å². The van der Waals surface area contributed by atoms with E-state index < -0.39 is 48.4 Å². The number of nitrogens with zero attached hydrogens (tertiary/aromatic N) is 1. The normalized spacial score (nSPS) is 16.8. The molecule has 8 nitrogen and oxygen atoms in total. The number of Topliss-reactive ketones (excluding diaryl/α,β-unsaturated/α-hetero) is 1. The summed E-state index contributed by atoms with van der Waals surface area (Å²) in [6, 6.07) is 6.23. The maximum absolute atomic E-state index is 15.1. The molecule has 1 aromatic carbocycles. The smallest absolute Gasteiger partial charge is 0.305 e. The zero-order valence-corrected chi connectivity index (χ0v) is 44.1. The summed E-state index contributed by atoms with van der Waals surface area (Å²) < 4.78 is 26.9. The minimum atomic E-state index is -2.43. The van der Waals surface area contributed by atoms with Gasteiger partial charge in [-0.2, -0.15) is 0 Å². The first-order valence-electron chi connectivity index (χ1n) is 22.0. The molecule has 336 valence electrons. The average Bonchev–Trinajstić information content (AvgIpc) is 3.44. The molecule has 0 amide bonds. The second kappa shape index (κ2) is 19.9. The van der Waals surface area contributed by atoms with Gasteiger partial charge >= 0.3 is 5.97 Å². The van der Waals surface area contributed by atoms with Crippen molar-refractivity contribution in [3.63, 3.8) is 0 Å². The van der Waals surface area contributed by atoms with E-state index >= 15 is 4.79 Å². The number of hydrogen-bond donors (Lipinski definition) is 1. The Hall–Kier alpha value is -2.16. The van der Waals surface area contributed by atoms with Crippen molar-refractivity contribution in [2.75, 3.05) is 0 Å². The predicted molar refractivity (Wildman–Crippen MR) is 255 cm³/mol. The first kappa shape index (κ1) is 53.0. The van der Waals surface area contributed by atoms with Crippen LogP contribution in [0.5, 0.6) is 0 Å². The number of ketones is 1. The SMILES string of the molecule is C=CC[C@@H](C(=O)C(C)(C)[C@H](CC(=O)O)O[Si](C)(C)C(C)(C)C)[C@@H](O[Si](C)(C)C(C)(C)C)[C@@H](C)CCC/C(C)=C/C[C@H](O[Si](C)(C)C(C)(C)C)c1ccc2oc(C)nc2c1. The Balaban J connectivity index is 2.45. The van der Waals surface area contributed by atoms with Gasteiger partial charge in [-0.05, 0) is 117 Å². The number of carboxylic acid groups (broad SMARTS) is 1. The second-order valence-electron chi connectivity index (χ2n) is 22.5. The molecule has 11 heteroatoms. The Kier molecular flexibility index (Phi) is 17.9. The van der Waals surface area contributed by atoms with Crippen molar-refractivity contribution in [3.05, 3.63) is 54.0 Å². The third-order valence-electron chi connectivity index (χ3n) is 14.0. The van der Waals surface area contributed by atoms with Crippen LogP contribution in [0.25, 0.3) is 11.1 Å². The lowest BCUT2D eigenvalue weighted by molar-refractivity contribution is -0.146. The molecule has 0 aliphatic rings. The zero-order valence-electron chi connectivity index (χ0n) is 41.1. The predicted octanol–water partition coefficient (Wildman–Crippen LogP) is 14.4. The lowest BCUT2D eigenvalue weighted by Crippen LogP contribution is -2.55. The Morgan fingerprint density at radius 2 is 1.37 bits per heavy atom. The summed E-state index contributed by atoms with van der Waals surface area (Å²) in [4.78, 5) is 32.0. The van der Waals surface area contributed by atoms with E-state index in [0.717, 1.165) is 42.3 Å². The summed E-state index contributed by atoms with van der Waals surface area (Å²) in [7, 11) is -6.88. The van der Waals surface area contributed by atoms with Gasteiger partial charge < -0.3 is 22.8 Å². The first-order valence-corrected chi connectivity index (χ1v) is 30.7. The number of carbonyl (C=O) groups is 2. The maximum atomic E-state index is 15.1. The fourth-order valence-electron chi connectivity index (χ4n) is 6.78. The third-order valence-corrected chi connectivity index (χ3v) is 27.5. The summed E-state index contributed by atoms with van der Waals surface area (Å²) in [6.45, 7) is 47.4. The monoisotopic (exact) mass is 872 g/mol. The van der Waals surface area contributed by atoms with Gasteiger partial charge in [0.05, 0.1) is 24.7 Å². The van der Waals surface area contributed by atoms with Gasteiger partial charge in [0.15, 0.2) is 36.4 Å². The Morgan fingerprint density at radius 1 is 0.847 bits per heavy atom. The van der Waals surface area contributed by atoms with Crippen LogP contribution in [0.2, 0.25) is 54.4 Å². The van der Waals surface area contributed by atoms with Crippen molar-refractivity contribution in [1.82, 2.24) is 4.98 Å². The number of allylic oxidation sites excluding steroid dienone is 2. The summed E-state index contributed by atoms with van der Waals surface area (Å²) >= 11 is 0. The van der Waals surface area contributed by atoms with Gasteiger partial charge in [0.1, 0.15) is 11.3 Å². The van der Waals surface area contributed by atoms with E-state index in [1.165, 1.54) is 5.57 Å². The van der Waals surface area contributed by atoms with E-state index in [1.807, 2.05) is 32.9 Å². The van der Waals surface area contributed by atoms with Crippen LogP contribution in [0.1, 0.15) is 146 Å². The van der Waals surface area contributed by atoms with Crippen molar-refractivity contribution >= 4 is 47.8 Å². The number of rotatable bonds is 22. The Morgan fingerprint density at radius 3 is 1.88 bits per heavy atom.